The standard InChI is InChI=1S/C14H25NO3S/c1-14(2,3)8-10(13(17)18)9-15-12(16)11-6-4-5-7-19-11/h10-11H,4-9H2,1-3H3,(H,15,16)(H,17,18). The molecular weight excluding hydrogens is 262 g/mol. The summed E-state index contributed by atoms with van der Waals surface area (Å²) in [6.07, 6.45) is 3.75. The third kappa shape index (κ3) is 6.32. The normalized spacial score (nSPS) is 21.7. The van der Waals surface area contributed by atoms with E-state index in [0.29, 0.717) is 6.42 Å². The first kappa shape index (κ1) is 16.3. The Morgan fingerprint density at radius 3 is 2.53 bits per heavy atom. The number of rotatable bonds is 5. The maximum Gasteiger partial charge on any atom is 0.308 e. The molecule has 0 aromatic heterocycles. The molecule has 0 aliphatic carbocycles. The van der Waals surface area contributed by atoms with Crippen molar-refractivity contribution in [2.45, 2.75) is 51.7 Å². The fourth-order valence-corrected chi connectivity index (χ4v) is 3.49. The first-order chi connectivity index (χ1) is 8.79. The van der Waals surface area contributed by atoms with Crippen LogP contribution in [0.4, 0.5) is 0 Å². The van der Waals surface area contributed by atoms with Gasteiger partial charge in [0.2, 0.25) is 5.91 Å². The van der Waals surface area contributed by atoms with Crippen molar-refractivity contribution in [2.24, 2.45) is 11.3 Å². The Morgan fingerprint density at radius 2 is 2.05 bits per heavy atom. The highest BCUT2D eigenvalue weighted by molar-refractivity contribution is 8.00. The average molecular weight is 287 g/mol. The van der Waals surface area contributed by atoms with E-state index in [2.05, 4.69) is 5.32 Å². The molecular formula is C14H25NO3S. The van der Waals surface area contributed by atoms with E-state index in [-0.39, 0.29) is 23.1 Å². The van der Waals surface area contributed by atoms with Gasteiger partial charge < -0.3 is 10.4 Å². The van der Waals surface area contributed by atoms with Crippen LogP contribution in [0.2, 0.25) is 0 Å². The van der Waals surface area contributed by atoms with E-state index in [4.69, 9.17) is 0 Å². The minimum atomic E-state index is -0.827. The fraction of sp³-hybridized carbons (Fsp3) is 0.857. The first-order valence-electron chi connectivity index (χ1n) is 6.92. The molecule has 0 aromatic carbocycles. The lowest BCUT2D eigenvalue weighted by Gasteiger charge is -2.25. The van der Waals surface area contributed by atoms with Crippen LogP contribution in [0.3, 0.4) is 0 Å². The molecule has 1 rings (SSSR count). The van der Waals surface area contributed by atoms with Crippen molar-refractivity contribution in [1.29, 1.82) is 0 Å². The first-order valence-corrected chi connectivity index (χ1v) is 7.96. The Morgan fingerprint density at radius 1 is 1.37 bits per heavy atom. The number of hydrogen-bond donors (Lipinski definition) is 2. The number of carbonyl (C=O) groups excluding carboxylic acids is 1. The topological polar surface area (TPSA) is 66.4 Å². The second-order valence-electron chi connectivity index (χ2n) is 6.40. The third-order valence-corrected chi connectivity index (χ3v) is 4.58. The van der Waals surface area contributed by atoms with Gasteiger partial charge in [0.25, 0.3) is 0 Å². The molecule has 1 heterocycles. The third-order valence-electron chi connectivity index (χ3n) is 3.20. The summed E-state index contributed by atoms with van der Waals surface area (Å²) in [6.45, 7) is 6.29. The molecule has 110 valence electrons. The van der Waals surface area contributed by atoms with Crippen LogP contribution in [0.1, 0.15) is 46.5 Å². The molecule has 0 aromatic rings. The molecule has 0 bridgehead atoms. The molecule has 1 aliphatic rings. The molecule has 1 saturated heterocycles. The van der Waals surface area contributed by atoms with Crippen molar-refractivity contribution in [3.63, 3.8) is 0 Å². The number of carboxylic acids is 1. The summed E-state index contributed by atoms with van der Waals surface area (Å²) >= 11 is 1.69. The zero-order chi connectivity index (χ0) is 14.5. The largest absolute Gasteiger partial charge is 0.481 e. The predicted octanol–water partition coefficient (Wildman–Crippen LogP) is 2.53. The minimum absolute atomic E-state index is 0.00450. The fourth-order valence-electron chi connectivity index (χ4n) is 2.27. The molecule has 19 heavy (non-hydrogen) atoms. The number of nitrogens with one attached hydrogen (secondary N) is 1. The van der Waals surface area contributed by atoms with Gasteiger partial charge in [-0.3, -0.25) is 9.59 Å². The van der Waals surface area contributed by atoms with Crippen molar-refractivity contribution >= 4 is 23.6 Å². The lowest BCUT2D eigenvalue weighted by Crippen LogP contribution is -2.39. The molecule has 4 nitrogen and oxygen atoms in total. The zero-order valence-electron chi connectivity index (χ0n) is 12.1. The van der Waals surface area contributed by atoms with Gasteiger partial charge in [-0.2, -0.15) is 0 Å². The summed E-state index contributed by atoms with van der Waals surface area (Å²) < 4.78 is 0. The maximum absolute atomic E-state index is 12.0. The molecule has 0 radical (unpaired) electrons. The molecule has 0 saturated carbocycles. The molecule has 2 atom stereocenters. The Bertz CT molecular complexity index is 319. The van der Waals surface area contributed by atoms with Crippen LogP contribution < -0.4 is 5.32 Å². The van der Waals surface area contributed by atoms with Crippen LogP contribution in [-0.2, 0) is 9.59 Å². The average Bonchev–Trinajstić information content (AvgIpc) is 2.33. The summed E-state index contributed by atoms with van der Waals surface area (Å²) in [6, 6.07) is 0. The number of thioether (sulfide) groups is 1. The van der Waals surface area contributed by atoms with Gasteiger partial charge in [-0.25, -0.2) is 0 Å². The van der Waals surface area contributed by atoms with Crippen molar-refractivity contribution in [3.05, 3.63) is 0 Å². The van der Waals surface area contributed by atoms with E-state index < -0.39 is 11.9 Å². The Hall–Kier alpha value is -0.710. The molecule has 1 amide bonds. The summed E-state index contributed by atoms with van der Waals surface area (Å²) in [5, 5.41) is 12.0. The SMILES string of the molecule is CC(C)(C)CC(CNC(=O)C1CCCCS1)C(=O)O. The van der Waals surface area contributed by atoms with Gasteiger partial charge in [0.1, 0.15) is 0 Å². The second kappa shape index (κ2) is 7.17. The van der Waals surface area contributed by atoms with Crippen molar-refractivity contribution in [1.82, 2.24) is 5.32 Å². The van der Waals surface area contributed by atoms with Gasteiger partial charge in [-0.05, 0) is 30.4 Å². The summed E-state index contributed by atoms with van der Waals surface area (Å²) in [4.78, 5) is 23.2. The van der Waals surface area contributed by atoms with E-state index in [1.165, 1.54) is 6.42 Å². The van der Waals surface area contributed by atoms with Crippen LogP contribution in [-0.4, -0.2) is 34.5 Å². The van der Waals surface area contributed by atoms with Gasteiger partial charge >= 0.3 is 5.97 Å². The van der Waals surface area contributed by atoms with Gasteiger partial charge in [-0.15, -0.1) is 11.8 Å². The molecule has 2 N–H and O–H groups in total. The van der Waals surface area contributed by atoms with E-state index in [1.807, 2.05) is 20.8 Å². The van der Waals surface area contributed by atoms with Crippen LogP contribution >= 0.6 is 11.8 Å². The smallest absolute Gasteiger partial charge is 0.308 e. The van der Waals surface area contributed by atoms with E-state index in [0.717, 1.165) is 18.6 Å². The number of carbonyl (C=O) groups is 2. The number of carboxylic acid groups (broad SMARTS) is 1. The van der Waals surface area contributed by atoms with Crippen LogP contribution in [0.5, 0.6) is 0 Å². The summed E-state index contributed by atoms with van der Waals surface area (Å²) in [7, 11) is 0. The highest BCUT2D eigenvalue weighted by Crippen LogP contribution is 2.26. The predicted molar refractivity (Wildman–Crippen MR) is 78.3 cm³/mol. The summed E-state index contributed by atoms with van der Waals surface area (Å²) in [5.74, 6) is -0.295. The second-order valence-corrected chi connectivity index (χ2v) is 7.71. The van der Waals surface area contributed by atoms with Crippen molar-refractivity contribution in [3.8, 4) is 0 Å². The minimum Gasteiger partial charge on any atom is -0.481 e. The number of amides is 1. The van der Waals surface area contributed by atoms with Gasteiger partial charge in [-0.1, -0.05) is 27.2 Å². The zero-order valence-corrected chi connectivity index (χ0v) is 12.9. The van der Waals surface area contributed by atoms with Crippen LogP contribution in [0, 0.1) is 11.3 Å². The quantitative estimate of drug-likeness (QED) is 0.815. The maximum atomic E-state index is 12.0. The Labute approximate surface area is 119 Å². The Kier molecular flexibility index (Phi) is 6.17. The Balaban J connectivity index is 2.42. The molecule has 1 fully saturated rings. The van der Waals surface area contributed by atoms with Gasteiger partial charge in [0, 0.05) is 6.54 Å². The molecule has 0 spiro atoms. The lowest BCUT2D eigenvalue weighted by molar-refractivity contribution is -0.142. The lowest BCUT2D eigenvalue weighted by atomic mass is 9.84. The summed E-state index contributed by atoms with van der Waals surface area (Å²) in [5.41, 5.74) is -0.0482. The van der Waals surface area contributed by atoms with Crippen LogP contribution in [0.25, 0.3) is 0 Å². The van der Waals surface area contributed by atoms with Crippen LogP contribution in [0.15, 0.2) is 0 Å². The molecule has 2 unspecified atom stereocenters. The highest BCUT2D eigenvalue weighted by Gasteiger charge is 2.27. The number of aliphatic carboxylic acids is 1. The van der Waals surface area contributed by atoms with E-state index >= 15 is 0 Å². The highest BCUT2D eigenvalue weighted by atomic mass is 32.2. The van der Waals surface area contributed by atoms with E-state index in [1.54, 1.807) is 11.8 Å². The molecule has 5 heteroatoms. The van der Waals surface area contributed by atoms with Gasteiger partial charge in [0.15, 0.2) is 0 Å². The van der Waals surface area contributed by atoms with Crippen molar-refractivity contribution < 1.29 is 14.7 Å². The van der Waals surface area contributed by atoms with Crippen molar-refractivity contribution in [2.75, 3.05) is 12.3 Å². The van der Waals surface area contributed by atoms with Gasteiger partial charge in [0.05, 0.1) is 11.2 Å². The number of hydrogen-bond acceptors (Lipinski definition) is 3. The van der Waals surface area contributed by atoms with E-state index in [9.17, 15) is 14.7 Å². The monoisotopic (exact) mass is 287 g/mol. The molecule has 1 aliphatic heterocycles.